The Bertz CT molecular complexity index is 1070. The summed E-state index contributed by atoms with van der Waals surface area (Å²) in [5.74, 6) is 0.504. The van der Waals surface area contributed by atoms with Crippen molar-refractivity contribution in [1.82, 2.24) is 20.5 Å². The predicted molar refractivity (Wildman–Crippen MR) is 124 cm³/mol. The lowest BCUT2D eigenvalue weighted by molar-refractivity contribution is -0.134. The number of hydrogen-bond donors (Lipinski definition) is 2. The molecule has 0 radical (unpaired) electrons. The van der Waals surface area contributed by atoms with Gasteiger partial charge in [-0.05, 0) is 17.7 Å². The summed E-state index contributed by atoms with van der Waals surface area (Å²) in [5, 5.41) is 5.85. The molecule has 0 saturated carbocycles. The second-order valence-electron chi connectivity index (χ2n) is 7.60. The van der Waals surface area contributed by atoms with Crippen molar-refractivity contribution in [2.45, 2.75) is 25.6 Å². The first kappa shape index (κ1) is 22.0. The number of thiazole rings is 1. The molecule has 2 heterocycles. The third kappa shape index (κ3) is 5.33. The fourth-order valence-electron chi connectivity index (χ4n) is 3.83. The van der Waals surface area contributed by atoms with E-state index in [-0.39, 0.29) is 18.2 Å². The van der Waals surface area contributed by atoms with Crippen LogP contribution in [0.1, 0.15) is 16.9 Å². The summed E-state index contributed by atoms with van der Waals surface area (Å²) in [6, 6.07) is 17.2. The molecule has 2 aromatic carbocycles. The van der Waals surface area contributed by atoms with Crippen molar-refractivity contribution in [3.63, 3.8) is 0 Å². The average Bonchev–Trinajstić information content (AvgIpc) is 3.29. The molecule has 2 N–H and O–H groups in total. The molecule has 0 spiro atoms. The van der Waals surface area contributed by atoms with Crippen LogP contribution in [-0.2, 0) is 22.7 Å². The minimum Gasteiger partial charge on any atom is -0.497 e. The van der Waals surface area contributed by atoms with Gasteiger partial charge in [-0.2, -0.15) is 0 Å². The van der Waals surface area contributed by atoms with E-state index < -0.39 is 6.04 Å². The van der Waals surface area contributed by atoms with Gasteiger partial charge in [0, 0.05) is 25.2 Å². The summed E-state index contributed by atoms with van der Waals surface area (Å²) in [6.07, 6.45) is 0.106. The van der Waals surface area contributed by atoms with Gasteiger partial charge in [0.15, 0.2) is 0 Å². The lowest BCUT2D eigenvalue weighted by atomic mass is 10.1. The molecule has 0 aliphatic carbocycles. The Morgan fingerprint density at radius 3 is 2.91 bits per heavy atom. The van der Waals surface area contributed by atoms with Gasteiger partial charge < -0.3 is 15.4 Å². The second kappa shape index (κ2) is 10.4. The van der Waals surface area contributed by atoms with Gasteiger partial charge in [-0.3, -0.25) is 14.5 Å². The number of nitrogens with zero attached hydrogens (tertiary/aromatic N) is 2. The molecule has 3 aromatic rings. The number of amides is 2. The topological polar surface area (TPSA) is 83.6 Å². The molecule has 2 amide bonds. The summed E-state index contributed by atoms with van der Waals surface area (Å²) >= 11 is 1.51. The maximum Gasteiger partial charge on any atom is 0.237 e. The lowest BCUT2D eigenvalue weighted by Gasteiger charge is -2.34. The normalized spacial score (nSPS) is 16.4. The number of methoxy groups -OCH3 is 1. The van der Waals surface area contributed by atoms with Crippen LogP contribution in [0.3, 0.4) is 0 Å². The molecule has 1 aromatic heterocycles. The maximum absolute atomic E-state index is 12.7. The highest BCUT2D eigenvalue weighted by Gasteiger charge is 2.31. The number of aromatic nitrogens is 1. The van der Waals surface area contributed by atoms with E-state index in [9.17, 15) is 9.59 Å². The van der Waals surface area contributed by atoms with Crippen molar-refractivity contribution in [2.75, 3.05) is 20.2 Å². The van der Waals surface area contributed by atoms with E-state index in [1.807, 2.05) is 54.6 Å². The SMILES string of the molecule is COc1cccc(CN2CCNC(=O)[C@@H]2CC(=O)NCc2scnc2-c2ccccc2)c1. The smallest absolute Gasteiger partial charge is 0.237 e. The van der Waals surface area contributed by atoms with Crippen LogP contribution >= 0.6 is 11.3 Å². The van der Waals surface area contributed by atoms with Crippen molar-refractivity contribution in [3.8, 4) is 17.0 Å². The number of carbonyl (C=O) groups excluding carboxylic acids is 2. The average molecular weight is 451 g/mol. The fourth-order valence-corrected chi connectivity index (χ4v) is 4.56. The van der Waals surface area contributed by atoms with E-state index in [0.717, 1.165) is 27.4 Å². The number of carbonyl (C=O) groups is 2. The highest BCUT2D eigenvalue weighted by molar-refractivity contribution is 7.10. The molecule has 1 saturated heterocycles. The molecular weight excluding hydrogens is 424 g/mol. The summed E-state index contributed by atoms with van der Waals surface area (Å²) in [4.78, 5) is 32.8. The molecule has 166 valence electrons. The molecule has 1 aliphatic rings. The van der Waals surface area contributed by atoms with E-state index >= 15 is 0 Å². The van der Waals surface area contributed by atoms with Gasteiger partial charge in [0.2, 0.25) is 11.8 Å². The van der Waals surface area contributed by atoms with Gasteiger partial charge in [-0.15, -0.1) is 11.3 Å². The first-order valence-electron chi connectivity index (χ1n) is 10.5. The monoisotopic (exact) mass is 450 g/mol. The van der Waals surface area contributed by atoms with Gasteiger partial charge in [-0.1, -0.05) is 42.5 Å². The Morgan fingerprint density at radius 1 is 1.25 bits per heavy atom. The first-order chi connectivity index (χ1) is 15.6. The standard InChI is InChI=1S/C24H26N4O3S/c1-31-19-9-5-6-17(12-19)15-28-11-10-25-24(30)20(28)13-22(29)26-14-21-23(27-16-32-21)18-7-3-2-4-8-18/h2-9,12,16,20H,10-11,13-15H2,1H3,(H,25,30)(H,26,29)/t20-/m0/s1. The Labute approximate surface area is 191 Å². The van der Waals surface area contributed by atoms with E-state index in [1.54, 1.807) is 12.6 Å². The number of nitrogens with one attached hydrogen (secondary N) is 2. The van der Waals surface area contributed by atoms with Gasteiger partial charge >= 0.3 is 0 Å². The number of benzene rings is 2. The molecular formula is C24H26N4O3S. The fraction of sp³-hybridized carbons (Fsp3) is 0.292. The molecule has 1 atom stereocenters. The van der Waals surface area contributed by atoms with Crippen molar-refractivity contribution < 1.29 is 14.3 Å². The van der Waals surface area contributed by atoms with Crippen LogP contribution in [0.5, 0.6) is 5.75 Å². The van der Waals surface area contributed by atoms with Crippen LogP contribution in [0.15, 0.2) is 60.1 Å². The molecule has 4 rings (SSSR count). The van der Waals surface area contributed by atoms with E-state index in [2.05, 4.69) is 20.5 Å². The quantitative estimate of drug-likeness (QED) is 0.551. The molecule has 1 fully saturated rings. The molecule has 8 heteroatoms. The Balaban J connectivity index is 1.39. The van der Waals surface area contributed by atoms with Gasteiger partial charge in [0.25, 0.3) is 0 Å². The predicted octanol–water partition coefficient (Wildman–Crippen LogP) is 2.83. The Hall–Kier alpha value is -3.23. The van der Waals surface area contributed by atoms with Crippen LogP contribution < -0.4 is 15.4 Å². The van der Waals surface area contributed by atoms with Gasteiger partial charge in [0.1, 0.15) is 5.75 Å². The zero-order valence-corrected chi connectivity index (χ0v) is 18.7. The minimum absolute atomic E-state index is 0.106. The van der Waals surface area contributed by atoms with Crippen molar-refractivity contribution in [1.29, 1.82) is 0 Å². The third-order valence-electron chi connectivity index (χ3n) is 5.47. The largest absolute Gasteiger partial charge is 0.497 e. The van der Waals surface area contributed by atoms with Crippen molar-refractivity contribution in [3.05, 3.63) is 70.5 Å². The third-order valence-corrected chi connectivity index (χ3v) is 6.31. The second-order valence-corrected chi connectivity index (χ2v) is 8.54. The summed E-state index contributed by atoms with van der Waals surface area (Å²) < 4.78 is 5.30. The lowest BCUT2D eigenvalue weighted by Crippen LogP contribution is -2.56. The summed E-state index contributed by atoms with van der Waals surface area (Å²) in [5.41, 5.74) is 4.73. The maximum atomic E-state index is 12.7. The molecule has 32 heavy (non-hydrogen) atoms. The first-order valence-corrected chi connectivity index (χ1v) is 11.4. The van der Waals surface area contributed by atoms with Crippen LogP contribution in [0, 0.1) is 0 Å². The van der Waals surface area contributed by atoms with Gasteiger partial charge in [0.05, 0.1) is 42.2 Å². The van der Waals surface area contributed by atoms with E-state index in [1.165, 1.54) is 11.3 Å². The highest BCUT2D eigenvalue weighted by atomic mass is 32.1. The van der Waals surface area contributed by atoms with Crippen LogP contribution in [-0.4, -0.2) is 47.9 Å². The van der Waals surface area contributed by atoms with E-state index in [0.29, 0.717) is 26.2 Å². The number of piperazine rings is 1. The molecule has 0 bridgehead atoms. The number of ether oxygens (including phenoxy) is 1. The Kier molecular flexibility index (Phi) is 7.14. The van der Waals surface area contributed by atoms with E-state index in [4.69, 9.17) is 4.74 Å². The Morgan fingerprint density at radius 2 is 2.09 bits per heavy atom. The molecule has 7 nitrogen and oxygen atoms in total. The van der Waals surface area contributed by atoms with Crippen molar-refractivity contribution >= 4 is 23.2 Å². The molecule has 0 unspecified atom stereocenters. The number of hydrogen-bond acceptors (Lipinski definition) is 6. The highest BCUT2D eigenvalue weighted by Crippen LogP contribution is 2.25. The summed E-state index contributed by atoms with van der Waals surface area (Å²) in [7, 11) is 1.63. The van der Waals surface area contributed by atoms with Crippen molar-refractivity contribution in [2.24, 2.45) is 0 Å². The zero-order valence-electron chi connectivity index (χ0n) is 17.9. The summed E-state index contributed by atoms with van der Waals surface area (Å²) in [6.45, 7) is 2.23. The van der Waals surface area contributed by atoms with Crippen LogP contribution in [0.2, 0.25) is 0 Å². The molecule has 1 aliphatic heterocycles. The van der Waals surface area contributed by atoms with Crippen LogP contribution in [0.4, 0.5) is 0 Å². The zero-order chi connectivity index (χ0) is 22.3. The minimum atomic E-state index is -0.509. The van der Waals surface area contributed by atoms with Crippen LogP contribution in [0.25, 0.3) is 11.3 Å². The van der Waals surface area contributed by atoms with Gasteiger partial charge in [-0.25, -0.2) is 4.98 Å². The number of rotatable bonds is 8.